The molecule has 0 aliphatic rings. The van der Waals surface area contributed by atoms with Gasteiger partial charge in [0.2, 0.25) is 0 Å². The summed E-state index contributed by atoms with van der Waals surface area (Å²) < 4.78 is 34.7. The van der Waals surface area contributed by atoms with Gasteiger partial charge in [-0.15, -0.1) is 0 Å². The van der Waals surface area contributed by atoms with Crippen LogP contribution < -0.4 is 9.46 Å². The monoisotopic (exact) mass is 383 g/mol. The van der Waals surface area contributed by atoms with Crippen LogP contribution >= 0.6 is 0 Å². The highest BCUT2D eigenvalue weighted by atomic mass is 32.2. The zero-order valence-electron chi connectivity index (χ0n) is 14.7. The number of sulfonamides is 1. The summed E-state index contributed by atoms with van der Waals surface area (Å²) in [6, 6.07) is 9.21. The summed E-state index contributed by atoms with van der Waals surface area (Å²) in [7, 11) is -2.32. The lowest BCUT2D eigenvalue weighted by Gasteiger charge is -2.12. The SMILES string of the molecule is COc1ccc(-c2cn3ccc(C)cc3n2)cc1NS(=O)(=O)c1cnc[nH]1. The van der Waals surface area contributed by atoms with E-state index in [0.717, 1.165) is 22.5 Å². The average molecular weight is 383 g/mol. The first-order valence-corrected chi connectivity index (χ1v) is 9.59. The Kier molecular flexibility index (Phi) is 4.08. The summed E-state index contributed by atoms with van der Waals surface area (Å²) in [4.78, 5) is 11.0. The number of hydrogen-bond donors (Lipinski definition) is 2. The van der Waals surface area contributed by atoms with Crippen molar-refractivity contribution < 1.29 is 13.2 Å². The fourth-order valence-corrected chi connectivity index (χ4v) is 3.73. The minimum Gasteiger partial charge on any atom is -0.495 e. The van der Waals surface area contributed by atoms with Gasteiger partial charge in [0.1, 0.15) is 11.4 Å². The second-order valence-corrected chi connectivity index (χ2v) is 7.68. The highest BCUT2D eigenvalue weighted by Gasteiger charge is 2.19. The van der Waals surface area contributed by atoms with Gasteiger partial charge < -0.3 is 14.1 Å². The van der Waals surface area contributed by atoms with E-state index < -0.39 is 10.0 Å². The fraction of sp³-hybridized carbons (Fsp3) is 0.111. The number of hydrogen-bond acceptors (Lipinski definition) is 5. The number of nitrogens with one attached hydrogen (secondary N) is 2. The Labute approximate surface area is 155 Å². The number of methoxy groups -OCH3 is 1. The number of fused-ring (bicyclic) bond motifs is 1. The van der Waals surface area contributed by atoms with Crippen LogP contribution in [0, 0.1) is 6.92 Å². The predicted octanol–water partition coefficient (Wildman–Crippen LogP) is 2.84. The minimum absolute atomic E-state index is 0.0295. The number of nitrogens with zero attached hydrogens (tertiary/aromatic N) is 3. The smallest absolute Gasteiger partial charge is 0.279 e. The Morgan fingerprint density at radius 3 is 2.81 bits per heavy atom. The molecule has 3 heterocycles. The van der Waals surface area contributed by atoms with Gasteiger partial charge in [-0.05, 0) is 42.8 Å². The summed E-state index contributed by atoms with van der Waals surface area (Å²) in [6.45, 7) is 2.00. The lowest BCUT2D eigenvalue weighted by Crippen LogP contribution is -2.14. The molecule has 0 aliphatic heterocycles. The van der Waals surface area contributed by atoms with E-state index in [1.54, 1.807) is 12.1 Å². The molecule has 27 heavy (non-hydrogen) atoms. The van der Waals surface area contributed by atoms with Gasteiger partial charge in [-0.2, -0.15) is 8.42 Å². The van der Waals surface area contributed by atoms with Crippen LogP contribution in [-0.2, 0) is 10.0 Å². The largest absolute Gasteiger partial charge is 0.495 e. The number of aryl methyl sites for hydroxylation is 1. The van der Waals surface area contributed by atoms with Gasteiger partial charge in [0.05, 0.1) is 31.0 Å². The molecule has 2 N–H and O–H groups in total. The lowest BCUT2D eigenvalue weighted by atomic mass is 10.1. The van der Waals surface area contributed by atoms with E-state index in [2.05, 4.69) is 19.7 Å². The number of pyridine rings is 1. The first-order valence-electron chi connectivity index (χ1n) is 8.11. The molecule has 8 nitrogen and oxygen atoms in total. The van der Waals surface area contributed by atoms with Crippen LogP contribution in [0.2, 0.25) is 0 Å². The number of aromatic nitrogens is 4. The maximum atomic E-state index is 12.5. The van der Waals surface area contributed by atoms with E-state index in [4.69, 9.17) is 4.74 Å². The maximum absolute atomic E-state index is 12.5. The molecule has 138 valence electrons. The van der Waals surface area contributed by atoms with E-state index in [-0.39, 0.29) is 5.03 Å². The number of aromatic amines is 1. The van der Waals surface area contributed by atoms with E-state index in [1.807, 2.05) is 41.9 Å². The van der Waals surface area contributed by atoms with Crippen molar-refractivity contribution in [2.75, 3.05) is 11.8 Å². The van der Waals surface area contributed by atoms with Gasteiger partial charge in [0.15, 0.2) is 5.03 Å². The number of rotatable bonds is 5. The van der Waals surface area contributed by atoms with Crippen LogP contribution in [0.3, 0.4) is 0 Å². The van der Waals surface area contributed by atoms with Gasteiger partial charge in [-0.3, -0.25) is 4.72 Å². The summed E-state index contributed by atoms with van der Waals surface area (Å²) in [5, 5.41) is -0.0295. The second-order valence-electron chi connectivity index (χ2n) is 6.03. The zero-order chi connectivity index (χ0) is 19.0. The molecule has 0 bridgehead atoms. The minimum atomic E-state index is -3.81. The van der Waals surface area contributed by atoms with Crippen molar-refractivity contribution in [1.82, 2.24) is 19.4 Å². The third kappa shape index (κ3) is 3.24. The topological polar surface area (TPSA) is 101 Å². The van der Waals surface area contributed by atoms with Crippen LogP contribution in [0.25, 0.3) is 16.9 Å². The third-order valence-corrected chi connectivity index (χ3v) is 5.41. The van der Waals surface area contributed by atoms with Crippen molar-refractivity contribution in [3.63, 3.8) is 0 Å². The van der Waals surface area contributed by atoms with Crippen LogP contribution in [0.5, 0.6) is 5.75 Å². The van der Waals surface area contributed by atoms with Gasteiger partial charge in [0, 0.05) is 18.0 Å². The molecule has 3 aromatic heterocycles. The van der Waals surface area contributed by atoms with E-state index in [9.17, 15) is 8.42 Å². The number of ether oxygens (including phenoxy) is 1. The summed E-state index contributed by atoms with van der Waals surface area (Å²) >= 11 is 0. The molecule has 0 saturated heterocycles. The molecule has 0 fully saturated rings. The van der Waals surface area contributed by atoms with Gasteiger partial charge in [0.25, 0.3) is 10.0 Å². The number of benzene rings is 1. The van der Waals surface area contributed by atoms with Crippen molar-refractivity contribution in [3.05, 3.63) is 60.8 Å². The summed E-state index contributed by atoms with van der Waals surface area (Å²) in [5.74, 6) is 0.404. The van der Waals surface area contributed by atoms with Crippen molar-refractivity contribution >= 4 is 21.4 Å². The molecule has 4 rings (SSSR count). The van der Waals surface area contributed by atoms with Crippen LogP contribution in [0.4, 0.5) is 5.69 Å². The Hall–Kier alpha value is -3.33. The Bertz CT molecular complexity index is 1210. The number of H-pyrrole nitrogens is 1. The average Bonchev–Trinajstić information content (AvgIpc) is 3.31. The van der Waals surface area contributed by atoms with Crippen molar-refractivity contribution in [1.29, 1.82) is 0 Å². The molecule has 1 aromatic carbocycles. The lowest BCUT2D eigenvalue weighted by molar-refractivity contribution is 0.417. The van der Waals surface area contributed by atoms with Gasteiger partial charge in [-0.1, -0.05) is 0 Å². The number of anilines is 1. The Morgan fingerprint density at radius 2 is 2.07 bits per heavy atom. The van der Waals surface area contributed by atoms with E-state index in [0.29, 0.717) is 11.4 Å². The molecule has 0 atom stereocenters. The molecule has 0 radical (unpaired) electrons. The van der Waals surface area contributed by atoms with Crippen molar-refractivity contribution in [3.8, 4) is 17.0 Å². The summed E-state index contributed by atoms with van der Waals surface area (Å²) in [6.07, 6.45) is 6.38. The van der Waals surface area contributed by atoms with Gasteiger partial charge >= 0.3 is 0 Å². The van der Waals surface area contributed by atoms with Crippen molar-refractivity contribution in [2.45, 2.75) is 11.9 Å². The highest BCUT2D eigenvalue weighted by Crippen LogP contribution is 2.32. The third-order valence-electron chi connectivity index (χ3n) is 4.12. The molecule has 0 amide bonds. The maximum Gasteiger partial charge on any atom is 0.279 e. The number of imidazole rings is 2. The first-order chi connectivity index (χ1) is 13.0. The van der Waals surface area contributed by atoms with Crippen LogP contribution in [-0.4, -0.2) is 34.9 Å². The first kappa shape index (κ1) is 17.1. The standard InChI is InChI=1S/C18H17N5O3S/c1-12-5-6-23-10-15(21-17(23)7-12)13-3-4-16(26-2)14(8-13)22-27(24,25)18-9-19-11-20-18/h3-11,22H,1-2H3,(H,19,20). The Balaban J connectivity index is 1.76. The molecule has 0 saturated carbocycles. The van der Waals surface area contributed by atoms with Crippen LogP contribution in [0.1, 0.15) is 5.56 Å². The van der Waals surface area contributed by atoms with E-state index >= 15 is 0 Å². The molecule has 4 aromatic rings. The second kappa shape index (κ2) is 6.44. The molecule has 9 heteroatoms. The van der Waals surface area contributed by atoms with Crippen LogP contribution in [0.15, 0.2) is 60.3 Å². The molecule has 0 aliphatic carbocycles. The highest BCUT2D eigenvalue weighted by molar-refractivity contribution is 7.92. The van der Waals surface area contributed by atoms with Gasteiger partial charge in [-0.25, -0.2) is 9.97 Å². The van der Waals surface area contributed by atoms with E-state index in [1.165, 1.54) is 19.6 Å². The quantitative estimate of drug-likeness (QED) is 0.552. The predicted molar refractivity (Wildman–Crippen MR) is 101 cm³/mol. The molecule has 0 spiro atoms. The fourth-order valence-electron chi connectivity index (χ4n) is 2.76. The molecular weight excluding hydrogens is 366 g/mol. The molecular formula is C18H17N5O3S. The zero-order valence-corrected chi connectivity index (χ0v) is 15.5. The molecule has 0 unspecified atom stereocenters. The Morgan fingerprint density at radius 1 is 1.22 bits per heavy atom. The normalized spacial score (nSPS) is 11.6. The summed E-state index contributed by atoms with van der Waals surface area (Å²) in [5.41, 5.74) is 3.74. The van der Waals surface area contributed by atoms with Crippen molar-refractivity contribution in [2.24, 2.45) is 0 Å².